The summed E-state index contributed by atoms with van der Waals surface area (Å²) in [4.78, 5) is 11.7. The molecule has 94 valence electrons. The molecule has 17 heavy (non-hydrogen) atoms. The lowest BCUT2D eigenvalue weighted by Gasteiger charge is -2.17. The number of amides is 1. The van der Waals surface area contributed by atoms with Crippen molar-refractivity contribution in [3.8, 4) is 0 Å². The predicted octanol–water partition coefficient (Wildman–Crippen LogP) is 2.30. The Bertz CT molecular complexity index is 359. The van der Waals surface area contributed by atoms with E-state index in [4.69, 9.17) is 5.73 Å². The molecule has 0 saturated heterocycles. The number of carbonyl (C=O) groups is 1. The van der Waals surface area contributed by atoms with Crippen LogP contribution in [-0.4, -0.2) is 11.9 Å². The SMILES string of the molecule is CCCC(N)C(=O)NC(C)c1ccc(C)cc1. The first-order chi connectivity index (χ1) is 8.04. The molecule has 0 aliphatic heterocycles. The molecule has 0 aliphatic carbocycles. The summed E-state index contributed by atoms with van der Waals surface area (Å²) in [6.45, 7) is 6.04. The summed E-state index contributed by atoms with van der Waals surface area (Å²) < 4.78 is 0. The Balaban J connectivity index is 2.57. The Labute approximate surface area is 103 Å². The molecule has 0 heterocycles. The molecular formula is C14H22N2O. The molecule has 0 fully saturated rings. The summed E-state index contributed by atoms with van der Waals surface area (Å²) in [5.74, 6) is -0.0695. The van der Waals surface area contributed by atoms with Crippen molar-refractivity contribution in [3.05, 3.63) is 35.4 Å². The average molecular weight is 234 g/mol. The first-order valence-electron chi connectivity index (χ1n) is 6.17. The van der Waals surface area contributed by atoms with Gasteiger partial charge in [0.2, 0.25) is 5.91 Å². The van der Waals surface area contributed by atoms with Crippen molar-refractivity contribution >= 4 is 5.91 Å². The number of nitrogens with two attached hydrogens (primary N) is 1. The van der Waals surface area contributed by atoms with E-state index in [1.165, 1.54) is 5.56 Å². The first kappa shape index (κ1) is 13.7. The smallest absolute Gasteiger partial charge is 0.237 e. The number of hydrogen-bond donors (Lipinski definition) is 2. The Morgan fingerprint density at radius 3 is 2.47 bits per heavy atom. The molecule has 0 spiro atoms. The molecule has 3 nitrogen and oxygen atoms in total. The van der Waals surface area contributed by atoms with Crippen LogP contribution in [0.1, 0.15) is 43.9 Å². The summed E-state index contributed by atoms with van der Waals surface area (Å²) in [5.41, 5.74) is 8.09. The van der Waals surface area contributed by atoms with Crippen molar-refractivity contribution < 1.29 is 4.79 Å². The molecule has 2 unspecified atom stereocenters. The molecule has 1 amide bonds. The van der Waals surface area contributed by atoms with E-state index in [9.17, 15) is 4.79 Å². The summed E-state index contributed by atoms with van der Waals surface area (Å²) in [7, 11) is 0. The quantitative estimate of drug-likeness (QED) is 0.821. The number of hydrogen-bond acceptors (Lipinski definition) is 2. The van der Waals surface area contributed by atoms with Crippen molar-refractivity contribution in [2.45, 2.75) is 45.7 Å². The van der Waals surface area contributed by atoms with Gasteiger partial charge in [-0.1, -0.05) is 43.2 Å². The van der Waals surface area contributed by atoms with Crippen LogP contribution in [0.3, 0.4) is 0 Å². The lowest BCUT2D eigenvalue weighted by Crippen LogP contribution is -2.41. The Morgan fingerprint density at radius 2 is 1.94 bits per heavy atom. The topological polar surface area (TPSA) is 55.1 Å². The minimum Gasteiger partial charge on any atom is -0.348 e. The third-order valence-electron chi connectivity index (χ3n) is 2.87. The highest BCUT2D eigenvalue weighted by molar-refractivity contribution is 5.81. The van der Waals surface area contributed by atoms with Gasteiger partial charge in [0.25, 0.3) is 0 Å². The molecule has 0 radical (unpaired) electrons. The lowest BCUT2D eigenvalue weighted by atomic mass is 10.1. The number of rotatable bonds is 5. The summed E-state index contributed by atoms with van der Waals surface area (Å²) in [6, 6.07) is 7.77. The lowest BCUT2D eigenvalue weighted by molar-refractivity contribution is -0.123. The van der Waals surface area contributed by atoms with E-state index in [1.54, 1.807) is 0 Å². The maximum atomic E-state index is 11.7. The summed E-state index contributed by atoms with van der Waals surface area (Å²) >= 11 is 0. The van der Waals surface area contributed by atoms with Crippen molar-refractivity contribution in [2.24, 2.45) is 5.73 Å². The normalized spacial score (nSPS) is 14.1. The second-order valence-corrected chi connectivity index (χ2v) is 4.54. The highest BCUT2D eigenvalue weighted by atomic mass is 16.2. The molecule has 2 atom stereocenters. The largest absolute Gasteiger partial charge is 0.348 e. The number of benzene rings is 1. The number of nitrogens with one attached hydrogen (secondary N) is 1. The van der Waals surface area contributed by atoms with Gasteiger partial charge in [0.15, 0.2) is 0 Å². The van der Waals surface area contributed by atoms with Gasteiger partial charge >= 0.3 is 0 Å². The molecule has 0 bridgehead atoms. The zero-order valence-electron chi connectivity index (χ0n) is 10.9. The third kappa shape index (κ3) is 4.19. The number of carbonyl (C=O) groups excluding carboxylic acids is 1. The third-order valence-corrected chi connectivity index (χ3v) is 2.87. The molecule has 3 N–H and O–H groups in total. The first-order valence-corrected chi connectivity index (χ1v) is 6.17. The highest BCUT2D eigenvalue weighted by Crippen LogP contribution is 2.13. The Hall–Kier alpha value is -1.35. The van der Waals surface area contributed by atoms with Gasteiger partial charge in [0.05, 0.1) is 12.1 Å². The van der Waals surface area contributed by atoms with Crippen molar-refractivity contribution in [1.82, 2.24) is 5.32 Å². The molecule has 1 aromatic rings. The van der Waals surface area contributed by atoms with Gasteiger partial charge < -0.3 is 11.1 Å². The summed E-state index contributed by atoms with van der Waals surface area (Å²) in [6.07, 6.45) is 1.65. The van der Waals surface area contributed by atoms with Crippen LogP contribution in [0, 0.1) is 6.92 Å². The van der Waals surface area contributed by atoms with Crippen LogP contribution in [-0.2, 0) is 4.79 Å². The van der Waals surface area contributed by atoms with E-state index in [-0.39, 0.29) is 11.9 Å². The molecule has 0 aliphatic rings. The maximum Gasteiger partial charge on any atom is 0.237 e. The molecule has 0 aromatic heterocycles. The van der Waals surface area contributed by atoms with E-state index in [2.05, 4.69) is 5.32 Å². The zero-order valence-corrected chi connectivity index (χ0v) is 10.9. The highest BCUT2D eigenvalue weighted by Gasteiger charge is 2.15. The predicted molar refractivity (Wildman–Crippen MR) is 70.6 cm³/mol. The standard InChI is InChI=1S/C14H22N2O/c1-4-5-13(15)14(17)16-11(3)12-8-6-10(2)7-9-12/h6-9,11,13H,4-5,15H2,1-3H3,(H,16,17). The van der Waals surface area contributed by atoms with Gasteiger partial charge in [-0.25, -0.2) is 0 Å². The van der Waals surface area contributed by atoms with Crippen LogP contribution in [0.2, 0.25) is 0 Å². The zero-order chi connectivity index (χ0) is 12.8. The molecule has 1 aromatic carbocycles. The fraction of sp³-hybridized carbons (Fsp3) is 0.500. The van der Waals surface area contributed by atoms with Gasteiger partial charge in [-0.2, -0.15) is 0 Å². The monoisotopic (exact) mass is 234 g/mol. The summed E-state index contributed by atoms with van der Waals surface area (Å²) in [5, 5.41) is 2.94. The number of aryl methyl sites for hydroxylation is 1. The minimum absolute atomic E-state index is 0.00556. The van der Waals surface area contributed by atoms with Gasteiger partial charge in [0, 0.05) is 0 Å². The van der Waals surface area contributed by atoms with Crippen molar-refractivity contribution in [2.75, 3.05) is 0 Å². The van der Waals surface area contributed by atoms with E-state index in [1.807, 2.05) is 45.0 Å². The molecule has 1 rings (SSSR count). The van der Waals surface area contributed by atoms with Crippen LogP contribution < -0.4 is 11.1 Å². The van der Waals surface area contributed by atoms with E-state index < -0.39 is 6.04 Å². The van der Waals surface area contributed by atoms with Gasteiger partial charge in [0.1, 0.15) is 0 Å². The second-order valence-electron chi connectivity index (χ2n) is 4.54. The van der Waals surface area contributed by atoms with Gasteiger partial charge in [-0.05, 0) is 25.8 Å². The van der Waals surface area contributed by atoms with Gasteiger partial charge in [-0.15, -0.1) is 0 Å². The van der Waals surface area contributed by atoms with Crippen LogP contribution in [0.15, 0.2) is 24.3 Å². The van der Waals surface area contributed by atoms with Crippen LogP contribution in [0.5, 0.6) is 0 Å². The van der Waals surface area contributed by atoms with Crippen molar-refractivity contribution in [1.29, 1.82) is 0 Å². The van der Waals surface area contributed by atoms with Gasteiger partial charge in [-0.3, -0.25) is 4.79 Å². The molecular weight excluding hydrogens is 212 g/mol. The fourth-order valence-electron chi connectivity index (χ4n) is 1.70. The Morgan fingerprint density at radius 1 is 1.35 bits per heavy atom. The molecule has 0 saturated carbocycles. The van der Waals surface area contributed by atoms with Crippen LogP contribution >= 0.6 is 0 Å². The fourth-order valence-corrected chi connectivity index (χ4v) is 1.70. The van der Waals surface area contributed by atoms with Crippen LogP contribution in [0.25, 0.3) is 0 Å². The Kier molecular flexibility index (Phi) is 5.16. The van der Waals surface area contributed by atoms with E-state index in [0.717, 1.165) is 18.4 Å². The van der Waals surface area contributed by atoms with E-state index in [0.29, 0.717) is 0 Å². The average Bonchev–Trinajstić information content (AvgIpc) is 2.30. The van der Waals surface area contributed by atoms with Crippen molar-refractivity contribution in [3.63, 3.8) is 0 Å². The molecule has 3 heteroatoms. The van der Waals surface area contributed by atoms with Crippen LogP contribution in [0.4, 0.5) is 0 Å². The second kappa shape index (κ2) is 6.40. The minimum atomic E-state index is -0.395. The van der Waals surface area contributed by atoms with E-state index >= 15 is 0 Å². The maximum absolute atomic E-state index is 11.7.